The van der Waals surface area contributed by atoms with Gasteiger partial charge in [-0.25, -0.2) is 0 Å². The molecule has 0 aliphatic rings. The zero-order valence-corrected chi connectivity index (χ0v) is 12.8. The van der Waals surface area contributed by atoms with Crippen molar-refractivity contribution in [3.05, 3.63) is 0 Å². The molecule has 2 nitrogen and oxygen atoms in total. The molecule has 1 N–H and O–H groups in total. The van der Waals surface area contributed by atoms with Gasteiger partial charge in [-0.3, -0.25) is 0 Å². The van der Waals surface area contributed by atoms with Crippen LogP contribution in [0.15, 0.2) is 0 Å². The normalized spacial score (nSPS) is 13.9. The Kier molecular flexibility index (Phi) is 9.85. The Morgan fingerprint density at radius 2 is 1.53 bits per heavy atom. The largest absolute Gasteiger partial charge is 0.381 e. The fourth-order valence-electron chi connectivity index (χ4n) is 1.78. The van der Waals surface area contributed by atoms with Gasteiger partial charge in [0.2, 0.25) is 0 Å². The molecular weight excluding hydrogens is 210 g/mol. The molecule has 17 heavy (non-hydrogen) atoms. The summed E-state index contributed by atoms with van der Waals surface area (Å²) in [5.41, 5.74) is 0. The van der Waals surface area contributed by atoms with Gasteiger partial charge in [-0.2, -0.15) is 0 Å². The van der Waals surface area contributed by atoms with Crippen LogP contribution in [0.1, 0.15) is 48.0 Å². The zero-order valence-electron chi connectivity index (χ0n) is 12.8. The summed E-state index contributed by atoms with van der Waals surface area (Å²) < 4.78 is 5.68. The van der Waals surface area contributed by atoms with E-state index in [4.69, 9.17) is 4.74 Å². The van der Waals surface area contributed by atoms with E-state index in [0.29, 0.717) is 5.92 Å². The Bertz CT molecular complexity index is 166. The van der Waals surface area contributed by atoms with Crippen LogP contribution in [-0.4, -0.2) is 26.3 Å². The van der Waals surface area contributed by atoms with Crippen molar-refractivity contribution in [1.29, 1.82) is 0 Å². The van der Waals surface area contributed by atoms with E-state index in [9.17, 15) is 0 Å². The first-order chi connectivity index (χ1) is 7.93. The van der Waals surface area contributed by atoms with Gasteiger partial charge >= 0.3 is 0 Å². The molecule has 0 aromatic carbocycles. The molecule has 104 valence electrons. The highest BCUT2D eigenvalue weighted by Crippen LogP contribution is 2.14. The minimum absolute atomic E-state index is 0.645. The molecule has 0 bridgehead atoms. The molecule has 0 rings (SSSR count). The maximum absolute atomic E-state index is 5.68. The van der Waals surface area contributed by atoms with Crippen LogP contribution in [0, 0.1) is 23.7 Å². The van der Waals surface area contributed by atoms with Crippen molar-refractivity contribution >= 4 is 0 Å². The average Bonchev–Trinajstić information content (AvgIpc) is 2.20. The second-order valence-corrected chi connectivity index (χ2v) is 6.31. The van der Waals surface area contributed by atoms with Crippen molar-refractivity contribution < 1.29 is 4.74 Å². The van der Waals surface area contributed by atoms with E-state index < -0.39 is 0 Å². The molecule has 0 heterocycles. The van der Waals surface area contributed by atoms with Crippen LogP contribution in [0.25, 0.3) is 0 Å². The lowest BCUT2D eigenvalue weighted by Gasteiger charge is -2.22. The first kappa shape index (κ1) is 16.9. The monoisotopic (exact) mass is 243 g/mol. The van der Waals surface area contributed by atoms with Crippen LogP contribution in [0.3, 0.4) is 0 Å². The van der Waals surface area contributed by atoms with Crippen LogP contribution in [0.4, 0.5) is 0 Å². The summed E-state index contributed by atoms with van der Waals surface area (Å²) >= 11 is 0. The molecule has 0 aliphatic heterocycles. The number of ether oxygens (including phenoxy) is 1. The van der Waals surface area contributed by atoms with Crippen LogP contribution in [0.2, 0.25) is 0 Å². The summed E-state index contributed by atoms with van der Waals surface area (Å²) in [6, 6.07) is 0. The van der Waals surface area contributed by atoms with E-state index in [1.165, 1.54) is 6.42 Å². The average molecular weight is 243 g/mol. The molecular formula is C15H33NO. The number of rotatable bonds is 10. The Hall–Kier alpha value is -0.0800. The molecule has 1 unspecified atom stereocenters. The van der Waals surface area contributed by atoms with Crippen molar-refractivity contribution in [3.8, 4) is 0 Å². The van der Waals surface area contributed by atoms with Gasteiger partial charge in [0.05, 0.1) is 0 Å². The summed E-state index contributed by atoms with van der Waals surface area (Å²) in [6.45, 7) is 17.6. The fraction of sp³-hybridized carbons (Fsp3) is 1.00. The molecule has 0 saturated heterocycles. The summed E-state index contributed by atoms with van der Waals surface area (Å²) in [6.07, 6.45) is 1.18. The van der Waals surface area contributed by atoms with Crippen LogP contribution in [0.5, 0.6) is 0 Å². The van der Waals surface area contributed by atoms with Gasteiger partial charge in [-0.05, 0) is 43.2 Å². The molecule has 0 aromatic heterocycles. The van der Waals surface area contributed by atoms with Crippen LogP contribution >= 0.6 is 0 Å². The zero-order chi connectivity index (χ0) is 13.3. The van der Waals surface area contributed by atoms with E-state index in [-0.39, 0.29) is 0 Å². The summed E-state index contributed by atoms with van der Waals surface area (Å²) in [7, 11) is 0. The quantitative estimate of drug-likeness (QED) is 0.592. The van der Waals surface area contributed by atoms with E-state index >= 15 is 0 Å². The highest BCUT2D eigenvalue weighted by molar-refractivity contribution is 4.66. The lowest BCUT2D eigenvalue weighted by atomic mass is 9.92. The first-order valence-electron chi connectivity index (χ1n) is 7.21. The van der Waals surface area contributed by atoms with Gasteiger partial charge in [0, 0.05) is 13.2 Å². The number of hydrogen-bond acceptors (Lipinski definition) is 2. The standard InChI is InChI=1S/C15H33NO/c1-12(2)9-16-10-15(14(5)6)7-8-17-11-13(3)4/h12-16H,7-11H2,1-6H3. The third kappa shape index (κ3) is 10.8. The predicted octanol–water partition coefficient (Wildman–Crippen LogP) is 3.57. The molecule has 0 saturated carbocycles. The second-order valence-electron chi connectivity index (χ2n) is 6.31. The Labute approximate surface area is 109 Å². The van der Waals surface area contributed by atoms with Gasteiger partial charge in [-0.1, -0.05) is 41.5 Å². The molecule has 2 heteroatoms. The second kappa shape index (κ2) is 9.90. The maximum Gasteiger partial charge on any atom is 0.0488 e. The number of hydrogen-bond donors (Lipinski definition) is 1. The van der Waals surface area contributed by atoms with Crippen molar-refractivity contribution in [1.82, 2.24) is 5.32 Å². The van der Waals surface area contributed by atoms with Crippen molar-refractivity contribution in [3.63, 3.8) is 0 Å². The molecule has 1 atom stereocenters. The summed E-state index contributed by atoms with van der Waals surface area (Å²) in [5.74, 6) is 2.85. The highest BCUT2D eigenvalue weighted by Gasteiger charge is 2.13. The fourth-order valence-corrected chi connectivity index (χ4v) is 1.78. The van der Waals surface area contributed by atoms with Gasteiger partial charge in [0.25, 0.3) is 0 Å². The maximum atomic E-state index is 5.68. The van der Waals surface area contributed by atoms with E-state index in [2.05, 4.69) is 46.9 Å². The highest BCUT2D eigenvalue weighted by atomic mass is 16.5. The van der Waals surface area contributed by atoms with E-state index in [1.54, 1.807) is 0 Å². The van der Waals surface area contributed by atoms with Gasteiger partial charge in [-0.15, -0.1) is 0 Å². The third-order valence-electron chi connectivity index (χ3n) is 2.99. The molecule has 0 spiro atoms. The van der Waals surface area contributed by atoms with E-state index in [1.807, 2.05) is 0 Å². The molecule has 0 radical (unpaired) electrons. The minimum atomic E-state index is 0.645. The smallest absolute Gasteiger partial charge is 0.0488 e. The Morgan fingerprint density at radius 3 is 2.00 bits per heavy atom. The lowest BCUT2D eigenvalue weighted by Crippen LogP contribution is -2.30. The third-order valence-corrected chi connectivity index (χ3v) is 2.99. The van der Waals surface area contributed by atoms with Gasteiger partial charge < -0.3 is 10.1 Å². The molecule has 0 aromatic rings. The first-order valence-corrected chi connectivity index (χ1v) is 7.21. The molecule has 0 aliphatic carbocycles. The Morgan fingerprint density at radius 1 is 0.882 bits per heavy atom. The molecule has 0 fully saturated rings. The topological polar surface area (TPSA) is 21.3 Å². The summed E-state index contributed by atoms with van der Waals surface area (Å²) in [5, 5.41) is 3.56. The van der Waals surface area contributed by atoms with Crippen LogP contribution < -0.4 is 5.32 Å². The lowest BCUT2D eigenvalue weighted by molar-refractivity contribution is 0.0920. The van der Waals surface area contributed by atoms with Crippen molar-refractivity contribution in [2.75, 3.05) is 26.3 Å². The van der Waals surface area contributed by atoms with E-state index in [0.717, 1.165) is 44.1 Å². The van der Waals surface area contributed by atoms with Crippen molar-refractivity contribution in [2.45, 2.75) is 48.0 Å². The van der Waals surface area contributed by atoms with Crippen molar-refractivity contribution in [2.24, 2.45) is 23.7 Å². The predicted molar refractivity (Wildman–Crippen MR) is 76.3 cm³/mol. The summed E-state index contributed by atoms with van der Waals surface area (Å²) in [4.78, 5) is 0. The van der Waals surface area contributed by atoms with Crippen LogP contribution in [-0.2, 0) is 4.74 Å². The SMILES string of the molecule is CC(C)CNCC(CCOCC(C)C)C(C)C. The van der Waals surface area contributed by atoms with Gasteiger partial charge in [0.15, 0.2) is 0 Å². The van der Waals surface area contributed by atoms with Gasteiger partial charge in [0.1, 0.15) is 0 Å². The minimum Gasteiger partial charge on any atom is -0.381 e. The number of nitrogens with one attached hydrogen (secondary N) is 1. The molecule has 0 amide bonds. The Balaban J connectivity index is 3.67.